The second-order valence-electron chi connectivity index (χ2n) is 8.60. The smallest absolute Gasteiger partial charge is 0.306 e. The third-order valence-electron chi connectivity index (χ3n) is 6.12. The summed E-state index contributed by atoms with van der Waals surface area (Å²) in [6.45, 7) is 4.31. The number of ether oxygens (including phenoxy) is 2. The van der Waals surface area contributed by atoms with Gasteiger partial charge in [-0.15, -0.1) is 0 Å². The standard InChI is InChI=1S/C26H32N2O6/c1-16-15-21(34-20-7-4-18(5-8-20)26(31)32)9-10-22(16)25(30)28-13-12-27-24(29)19-6-11-23(33-3)17(2)14-19/h6,9-11,14-15,18,20H,4-5,7-8,12-13H2,1-3H3,(H,27,29)(H,28,30)(H,31,32). The van der Waals surface area contributed by atoms with Crippen LogP contribution in [0.3, 0.4) is 0 Å². The number of carboxylic acids is 1. The lowest BCUT2D eigenvalue weighted by Gasteiger charge is -2.27. The topological polar surface area (TPSA) is 114 Å². The number of carbonyl (C=O) groups excluding carboxylic acids is 2. The molecule has 1 saturated carbocycles. The van der Waals surface area contributed by atoms with Crippen molar-refractivity contribution >= 4 is 17.8 Å². The molecule has 0 atom stereocenters. The molecule has 2 aromatic carbocycles. The summed E-state index contributed by atoms with van der Waals surface area (Å²) in [5, 5.41) is 14.7. The van der Waals surface area contributed by atoms with Crippen LogP contribution in [0.25, 0.3) is 0 Å². The summed E-state index contributed by atoms with van der Waals surface area (Å²) >= 11 is 0. The molecule has 8 heteroatoms. The highest BCUT2D eigenvalue weighted by Crippen LogP contribution is 2.28. The van der Waals surface area contributed by atoms with Crippen LogP contribution in [0.1, 0.15) is 57.5 Å². The Morgan fingerprint density at radius 3 is 2.18 bits per heavy atom. The Kier molecular flexibility index (Phi) is 8.51. The summed E-state index contributed by atoms with van der Waals surface area (Å²) in [5.41, 5.74) is 2.73. The molecule has 1 aliphatic carbocycles. The molecule has 2 aromatic rings. The highest BCUT2D eigenvalue weighted by atomic mass is 16.5. The van der Waals surface area contributed by atoms with E-state index in [4.69, 9.17) is 14.6 Å². The fraction of sp³-hybridized carbons (Fsp3) is 0.423. The van der Waals surface area contributed by atoms with Crippen LogP contribution in [0.15, 0.2) is 36.4 Å². The maximum atomic E-state index is 12.6. The van der Waals surface area contributed by atoms with Crippen molar-refractivity contribution in [3.05, 3.63) is 58.7 Å². The molecule has 0 heterocycles. The number of aryl methyl sites for hydroxylation is 2. The molecule has 182 valence electrons. The highest BCUT2D eigenvalue weighted by molar-refractivity contribution is 5.96. The van der Waals surface area contributed by atoms with Crippen molar-refractivity contribution in [2.75, 3.05) is 20.2 Å². The van der Waals surface area contributed by atoms with E-state index in [0.29, 0.717) is 55.6 Å². The predicted molar refractivity (Wildman–Crippen MR) is 128 cm³/mol. The number of amides is 2. The van der Waals surface area contributed by atoms with Crippen LogP contribution in [-0.4, -0.2) is 49.2 Å². The Morgan fingerprint density at radius 2 is 1.59 bits per heavy atom. The predicted octanol–water partition coefficient (Wildman–Crippen LogP) is 3.49. The Labute approximate surface area is 199 Å². The van der Waals surface area contributed by atoms with E-state index in [1.54, 1.807) is 37.4 Å². The Morgan fingerprint density at radius 1 is 0.912 bits per heavy atom. The van der Waals surface area contributed by atoms with Gasteiger partial charge in [0.1, 0.15) is 11.5 Å². The molecule has 0 bridgehead atoms. The van der Waals surface area contributed by atoms with Crippen LogP contribution in [0, 0.1) is 19.8 Å². The Bertz CT molecular complexity index is 1040. The van der Waals surface area contributed by atoms with Gasteiger partial charge in [-0.3, -0.25) is 14.4 Å². The molecule has 0 aliphatic heterocycles. The molecule has 0 spiro atoms. The summed E-state index contributed by atoms with van der Waals surface area (Å²) in [6, 6.07) is 10.5. The molecule has 0 unspecified atom stereocenters. The second-order valence-corrected chi connectivity index (χ2v) is 8.60. The van der Waals surface area contributed by atoms with Crippen molar-refractivity contribution in [2.24, 2.45) is 5.92 Å². The minimum Gasteiger partial charge on any atom is -0.496 e. The lowest BCUT2D eigenvalue weighted by Crippen LogP contribution is -2.35. The molecule has 3 rings (SSSR count). The zero-order valence-electron chi connectivity index (χ0n) is 19.8. The molecule has 0 radical (unpaired) electrons. The van der Waals surface area contributed by atoms with Gasteiger partial charge < -0.3 is 25.2 Å². The van der Waals surface area contributed by atoms with Gasteiger partial charge in [-0.25, -0.2) is 0 Å². The van der Waals surface area contributed by atoms with E-state index in [9.17, 15) is 14.4 Å². The summed E-state index contributed by atoms with van der Waals surface area (Å²) in [6.07, 6.45) is 2.65. The van der Waals surface area contributed by atoms with Crippen molar-refractivity contribution in [3.8, 4) is 11.5 Å². The highest BCUT2D eigenvalue weighted by Gasteiger charge is 2.27. The van der Waals surface area contributed by atoms with Gasteiger partial charge in [0.25, 0.3) is 11.8 Å². The second kappa shape index (κ2) is 11.5. The maximum absolute atomic E-state index is 12.6. The number of rotatable bonds is 9. The van der Waals surface area contributed by atoms with Gasteiger partial charge in [0.15, 0.2) is 0 Å². The van der Waals surface area contributed by atoms with Crippen molar-refractivity contribution in [2.45, 2.75) is 45.6 Å². The van der Waals surface area contributed by atoms with Crippen LogP contribution in [0.4, 0.5) is 0 Å². The van der Waals surface area contributed by atoms with E-state index < -0.39 is 5.97 Å². The lowest BCUT2D eigenvalue weighted by atomic mass is 9.87. The first-order valence-electron chi connectivity index (χ1n) is 11.5. The van der Waals surface area contributed by atoms with Crippen LogP contribution in [-0.2, 0) is 4.79 Å². The third kappa shape index (κ3) is 6.50. The van der Waals surface area contributed by atoms with E-state index in [-0.39, 0.29) is 23.8 Å². The number of carboxylic acid groups (broad SMARTS) is 1. The first-order valence-corrected chi connectivity index (χ1v) is 11.5. The number of benzene rings is 2. The molecule has 34 heavy (non-hydrogen) atoms. The number of aliphatic carboxylic acids is 1. The quantitative estimate of drug-likeness (QED) is 0.486. The van der Waals surface area contributed by atoms with Gasteiger partial charge in [0.05, 0.1) is 19.1 Å². The van der Waals surface area contributed by atoms with Crippen LogP contribution in [0.2, 0.25) is 0 Å². The minimum absolute atomic E-state index is 0.00669. The number of methoxy groups -OCH3 is 1. The molecule has 8 nitrogen and oxygen atoms in total. The van der Waals surface area contributed by atoms with Gasteiger partial charge in [0.2, 0.25) is 0 Å². The van der Waals surface area contributed by atoms with Gasteiger partial charge in [0, 0.05) is 24.2 Å². The summed E-state index contributed by atoms with van der Waals surface area (Å²) in [7, 11) is 1.59. The molecule has 2 amide bonds. The maximum Gasteiger partial charge on any atom is 0.306 e. The number of hydrogen-bond donors (Lipinski definition) is 3. The third-order valence-corrected chi connectivity index (χ3v) is 6.12. The zero-order chi connectivity index (χ0) is 24.7. The van der Waals surface area contributed by atoms with Crippen molar-refractivity contribution in [1.82, 2.24) is 10.6 Å². The van der Waals surface area contributed by atoms with Crippen LogP contribution < -0.4 is 20.1 Å². The van der Waals surface area contributed by atoms with E-state index in [1.165, 1.54) is 0 Å². The summed E-state index contributed by atoms with van der Waals surface area (Å²) in [5.74, 6) is -0.0514. The van der Waals surface area contributed by atoms with Gasteiger partial charge >= 0.3 is 5.97 Å². The average molecular weight is 469 g/mol. The average Bonchev–Trinajstić information content (AvgIpc) is 2.82. The fourth-order valence-electron chi connectivity index (χ4n) is 4.15. The Hall–Kier alpha value is -3.55. The zero-order valence-corrected chi connectivity index (χ0v) is 19.8. The van der Waals surface area contributed by atoms with Gasteiger partial charge in [-0.05, 0) is 87.1 Å². The van der Waals surface area contributed by atoms with E-state index >= 15 is 0 Å². The van der Waals surface area contributed by atoms with Crippen molar-refractivity contribution in [3.63, 3.8) is 0 Å². The van der Waals surface area contributed by atoms with Crippen molar-refractivity contribution in [1.29, 1.82) is 0 Å². The van der Waals surface area contributed by atoms with Gasteiger partial charge in [-0.2, -0.15) is 0 Å². The Balaban J connectivity index is 1.44. The molecular weight excluding hydrogens is 436 g/mol. The largest absolute Gasteiger partial charge is 0.496 e. The fourth-order valence-corrected chi connectivity index (χ4v) is 4.15. The number of carbonyl (C=O) groups is 3. The summed E-state index contributed by atoms with van der Waals surface area (Å²) in [4.78, 5) is 36.0. The van der Waals surface area contributed by atoms with E-state index in [2.05, 4.69) is 10.6 Å². The molecule has 1 aliphatic rings. The monoisotopic (exact) mass is 468 g/mol. The first-order chi connectivity index (χ1) is 16.3. The minimum atomic E-state index is -0.736. The first kappa shape index (κ1) is 25.1. The number of hydrogen-bond acceptors (Lipinski definition) is 5. The summed E-state index contributed by atoms with van der Waals surface area (Å²) < 4.78 is 11.2. The molecule has 0 aromatic heterocycles. The van der Waals surface area contributed by atoms with Gasteiger partial charge in [-0.1, -0.05) is 0 Å². The lowest BCUT2D eigenvalue weighted by molar-refractivity contribution is -0.143. The van der Waals surface area contributed by atoms with Crippen molar-refractivity contribution < 1.29 is 29.0 Å². The number of nitrogens with one attached hydrogen (secondary N) is 2. The molecule has 0 saturated heterocycles. The van der Waals surface area contributed by atoms with Crippen LogP contribution in [0.5, 0.6) is 11.5 Å². The van der Waals surface area contributed by atoms with E-state index in [0.717, 1.165) is 16.9 Å². The molecule has 1 fully saturated rings. The van der Waals surface area contributed by atoms with Crippen LogP contribution >= 0.6 is 0 Å². The van der Waals surface area contributed by atoms with E-state index in [1.807, 2.05) is 19.9 Å². The normalized spacial score (nSPS) is 17.5. The molecular formula is C26H32N2O6. The SMILES string of the molecule is COc1ccc(C(=O)NCCNC(=O)c2ccc(OC3CCC(C(=O)O)CC3)cc2C)cc1C. The molecule has 3 N–H and O–H groups in total.